The second-order valence-electron chi connectivity index (χ2n) is 9.10. The van der Waals surface area contributed by atoms with Crippen molar-refractivity contribution in [2.45, 2.75) is 106 Å². The third kappa shape index (κ3) is 20.5. The van der Waals surface area contributed by atoms with Gasteiger partial charge in [-0.3, -0.25) is 0 Å². The summed E-state index contributed by atoms with van der Waals surface area (Å²) in [7, 11) is 0. The Kier molecular flexibility index (Phi) is 16.7. The Morgan fingerprint density at radius 1 is 0.643 bits per heavy atom. The van der Waals surface area contributed by atoms with E-state index in [1.165, 1.54) is 0 Å². The SMILES string of the molecule is CC(C)COC(C)(C)OCC(C)N.CCC(C)COC(C)(C)OCC(N)CC. The van der Waals surface area contributed by atoms with Crippen LogP contribution in [0, 0.1) is 11.8 Å². The molecule has 28 heavy (non-hydrogen) atoms. The number of nitrogens with two attached hydrogens (primary N) is 2. The van der Waals surface area contributed by atoms with Crippen molar-refractivity contribution in [2.24, 2.45) is 23.3 Å². The van der Waals surface area contributed by atoms with Crippen LogP contribution in [0.5, 0.6) is 0 Å². The van der Waals surface area contributed by atoms with Gasteiger partial charge in [-0.15, -0.1) is 0 Å². The second kappa shape index (κ2) is 15.6. The van der Waals surface area contributed by atoms with Crippen molar-refractivity contribution in [2.75, 3.05) is 26.4 Å². The molecule has 0 aromatic rings. The molecular formula is C22H50N2O4. The predicted octanol–water partition coefficient (Wildman–Crippen LogP) is 4.30. The lowest BCUT2D eigenvalue weighted by Gasteiger charge is -2.28. The summed E-state index contributed by atoms with van der Waals surface area (Å²) in [5.41, 5.74) is 11.4. The predicted molar refractivity (Wildman–Crippen MR) is 118 cm³/mol. The monoisotopic (exact) mass is 406 g/mol. The standard InChI is InChI=1S/C12H27NO2.C10H23NO2/c1-6-10(3)8-14-12(4,5)15-9-11(13)7-2;1-8(2)6-12-10(4,5)13-7-9(3)11/h10-11H,6-9,13H2,1-5H3;8-9H,6-7,11H2,1-5H3. The molecule has 0 aliphatic carbocycles. The molecule has 0 aromatic heterocycles. The summed E-state index contributed by atoms with van der Waals surface area (Å²) in [4.78, 5) is 0. The quantitative estimate of drug-likeness (QED) is 0.418. The molecular weight excluding hydrogens is 356 g/mol. The molecule has 0 aromatic carbocycles. The van der Waals surface area contributed by atoms with Crippen LogP contribution in [0.15, 0.2) is 0 Å². The average Bonchev–Trinajstić information content (AvgIpc) is 2.61. The first-order valence-corrected chi connectivity index (χ1v) is 10.8. The van der Waals surface area contributed by atoms with Gasteiger partial charge in [0.25, 0.3) is 0 Å². The lowest BCUT2D eigenvalue weighted by Crippen LogP contribution is -2.36. The average molecular weight is 407 g/mol. The zero-order valence-corrected chi connectivity index (χ0v) is 20.3. The van der Waals surface area contributed by atoms with Crippen LogP contribution in [0.1, 0.15) is 82.1 Å². The van der Waals surface area contributed by atoms with Crippen LogP contribution in [-0.2, 0) is 18.9 Å². The fourth-order valence-corrected chi connectivity index (χ4v) is 1.67. The van der Waals surface area contributed by atoms with Crippen molar-refractivity contribution < 1.29 is 18.9 Å². The first kappa shape index (κ1) is 30.0. The summed E-state index contributed by atoms with van der Waals surface area (Å²) >= 11 is 0. The van der Waals surface area contributed by atoms with Crippen LogP contribution in [-0.4, -0.2) is 50.1 Å². The van der Waals surface area contributed by atoms with E-state index in [0.29, 0.717) is 31.7 Å². The summed E-state index contributed by atoms with van der Waals surface area (Å²) in [5, 5.41) is 0. The van der Waals surface area contributed by atoms with Gasteiger partial charge in [-0.05, 0) is 52.9 Å². The fourth-order valence-electron chi connectivity index (χ4n) is 1.67. The van der Waals surface area contributed by atoms with Crippen LogP contribution in [0.4, 0.5) is 0 Å². The van der Waals surface area contributed by atoms with Crippen LogP contribution < -0.4 is 11.5 Å². The topological polar surface area (TPSA) is 89.0 Å². The van der Waals surface area contributed by atoms with E-state index in [1.54, 1.807) is 0 Å². The summed E-state index contributed by atoms with van der Waals surface area (Å²) in [6.45, 7) is 22.8. The zero-order chi connectivity index (χ0) is 22.4. The van der Waals surface area contributed by atoms with Gasteiger partial charge in [-0.2, -0.15) is 0 Å². The Balaban J connectivity index is 0. The lowest BCUT2D eigenvalue weighted by atomic mass is 10.1. The summed E-state index contributed by atoms with van der Waals surface area (Å²) in [5.74, 6) is 0.0691. The van der Waals surface area contributed by atoms with E-state index in [4.69, 9.17) is 30.4 Å². The van der Waals surface area contributed by atoms with Gasteiger partial charge in [0.1, 0.15) is 0 Å². The molecule has 0 rings (SSSR count). The molecule has 0 aliphatic heterocycles. The molecule has 0 saturated carbocycles. The smallest absolute Gasteiger partial charge is 0.162 e. The number of rotatable bonds is 14. The van der Waals surface area contributed by atoms with Gasteiger partial charge in [-0.25, -0.2) is 0 Å². The molecule has 3 atom stereocenters. The molecule has 0 heterocycles. The van der Waals surface area contributed by atoms with Crippen LogP contribution >= 0.6 is 0 Å². The molecule has 3 unspecified atom stereocenters. The molecule has 0 radical (unpaired) electrons. The highest BCUT2D eigenvalue weighted by Crippen LogP contribution is 2.15. The van der Waals surface area contributed by atoms with Gasteiger partial charge < -0.3 is 30.4 Å². The highest BCUT2D eigenvalue weighted by Gasteiger charge is 2.21. The minimum absolute atomic E-state index is 0.0573. The third-order valence-electron chi connectivity index (χ3n) is 4.04. The van der Waals surface area contributed by atoms with Crippen LogP contribution in [0.3, 0.4) is 0 Å². The Hall–Kier alpha value is -0.240. The molecule has 0 fully saturated rings. The summed E-state index contributed by atoms with van der Waals surface area (Å²) in [6.07, 6.45) is 2.06. The van der Waals surface area contributed by atoms with Gasteiger partial charge in [0, 0.05) is 12.1 Å². The van der Waals surface area contributed by atoms with E-state index >= 15 is 0 Å². The van der Waals surface area contributed by atoms with Crippen molar-refractivity contribution in [1.29, 1.82) is 0 Å². The second-order valence-corrected chi connectivity index (χ2v) is 9.10. The largest absolute Gasteiger partial charge is 0.350 e. The van der Waals surface area contributed by atoms with E-state index < -0.39 is 11.6 Å². The maximum atomic E-state index is 5.78. The molecule has 4 N–H and O–H groups in total. The van der Waals surface area contributed by atoms with Crippen molar-refractivity contribution >= 4 is 0 Å². The minimum atomic E-state index is -0.518. The molecule has 6 heteroatoms. The summed E-state index contributed by atoms with van der Waals surface area (Å²) < 4.78 is 22.4. The number of hydrogen-bond donors (Lipinski definition) is 2. The first-order chi connectivity index (χ1) is 12.7. The Morgan fingerprint density at radius 3 is 1.46 bits per heavy atom. The normalized spacial score (nSPS) is 15.8. The van der Waals surface area contributed by atoms with Crippen molar-refractivity contribution in [3.05, 3.63) is 0 Å². The van der Waals surface area contributed by atoms with Gasteiger partial charge >= 0.3 is 0 Å². The lowest BCUT2D eigenvalue weighted by molar-refractivity contribution is -0.220. The molecule has 172 valence electrons. The maximum Gasteiger partial charge on any atom is 0.162 e. The Bertz CT molecular complexity index is 330. The highest BCUT2D eigenvalue weighted by molar-refractivity contribution is 4.62. The van der Waals surface area contributed by atoms with Crippen molar-refractivity contribution in [3.8, 4) is 0 Å². The molecule has 0 amide bonds. The van der Waals surface area contributed by atoms with Crippen molar-refractivity contribution in [1.82, 2.24) is 0 Å². The molecule has 0 bridgehead atoms. The molecule has 0 saturated heterocycles. The minimum Gasteiger partial charge on any atom is -0.350 e. The molecule has 0 spiro atoms. The van der Waals surface area contributed by atoms with Crippen LogP contribution in [0.25, 0.3) is 0 Å². The van der Waals surface area contributed by atoms with E-state index in [9.17, 15) is 0 Å². The van der Waals surface area contributed by atoms with Gasteiger partial charge in [0.05, 0.1) is 26.4 Å². The van der Waals surface area contributed by atoms with Gasteiger partial charge in [0.15, 0.2) is 11.6 Å². The highest BCUT2D eigenvalue weighted by atomic mass is 16.7. The van der Waals surface area contributed by atoms with Crippen molar-refractivity contribution in [3.63, 3.8) is 0 Å². The Morgan fingerprint density at radius 2 is 1.07 bits per heavy atom. The third-order valence-corrected chi connectivity index (χ3v) is 4.04. The fraction of sp³-hybridized carbons (Fsp3) is 1.00. The number of ether oxygens (including phenoxy) is 4. The van der Waals surface area contributed by atoms with E-state index in [-0.39, 0.29) is 12.1 Å². The van der Waals surface area contributed by atoms with Crippen LogP contribution in [0.2, 0.25) is 0 Å². The first-order valence-electron chi connectivity index (χ1n) is 10.8. The zero-order valence-electron chi connectivity index (χ0n) is 20.3. The van der Waals surface area contributed by atoms with Gasteiger partial charge in [-0.1, -0.05) is 41.0 Å². The summed E-state index contributed by atoms with van der Waals surface area (Å²) in [6, 6.07) is 0.165. The van der Waals surface area contributed by atoms with Gasteiger partial charge in [0.2, 0.25) is 0 Å². The molecule has 0 aliphatic rings. The number of hydrogen-bond acceptors (Lipinski definition) is 6. The Labute approximate surface area is 175 Å². The van der Waals surface area contributed by atoms with E-state index in [1.807, 2.05) is 34.6 Å². The molecule has 6 nitrogen and oxygen atoms in total. The van der Waals surface area contributed by atoms with E-state index in [2.05, 4.69) is 34.6 Å². The van der Waals surface area contributed by atoms with E-state index in [0.717, 1.165) is 19.4 Å². The maximum absolute atomic E-state index is 5.78.